The second-order valence-corrected chi connectivity index (χ2v) is 4.84. The van der Waals surface area contributed by atoms with Crippen molar-refractivity contribution in [3.8, 4) is 0 Å². The number of fused-ring (bicyclic) bond motifs is 2. The molecule has 5 heteroatoms. The molecule has 0 aromatic carbocycles. The molecular weight excluding hydrogens is 234 g/mol. The van der Waals surface area contributed by atoms with Gasteiger partial charge in [0, 0.05) is 6.54 Å². The van der Waals surface area contributed by atoms with Gasteiger partial charge in [-0.3, -0.25) is 9.59 Å². The first-order valence-corrected chi connectivity index (χ1v) is 6.49. The minimum Gasteiger partial charge on any atom is -0.481 e. The van der Waals surface area contributed by atoms with Gasteiger partial charge in [0.1, 0.15) is 5.92 Å². The maximum Gasteiger partial charge on any atom is 0.310 e. The molecule has 100 valence electrons. The standard InChI is InChI=1S/C13H19NO4/c1-2-3-4-7-14-12(15)10-8-5-6-9(18-8)11(10)13(16)17/h5-6,8-11H,2-4,7H2,1H3,(H,14,15)(H,16,17)/t8-,9+,10+,11+/m1/s1. The van der Waals surface area contributed by atoms with Gasteiger partial charge in [0.25, 0.3) is 0 Å². The van der Waals surface area contributed by atoms with Crippen molar-refractivity contribution >= 4 is 11.9 Å². The Hall–Kier alpha value is -1.36. The van der Waals surface area contributed by atoms with Crippen LogP contribution in [0.2, 0.25) is 0 Å². The number of carbonyl (C=O) groups excluding carboxylic acids is 1. The normalized spacial score (nSPS) is 32.7. The molecule has 1 saturated heterocycles. The molecular formula is C13H19NO4. The fourth-order valence-corrected chi connectivity index (χ4v) is 2.62. The van der Waals surface area contributed by atoms with Crippen LogP contribution in [0.5, 0.6) is 0 Å². The van der Waals surface area contributed by atoms with E-state index in [-0.39, 0.29) is 12.0 Å². The highest BCUT2D eigenvalue weighted by Crippen LogP contribution is 2.39. The first kappa shape index (κ1) is 13.1. The fourth-order valence-electron chi connectivity index (χ4n) is 2.62. The summed E-state index contributed by atoms with van der Waals surface area (Å²) in [5.74, 6) is -2.48. The third-order valence-electron chi connectivity index (χ3n) is 3.57. The second kappa shape index (κ2) is 5.52. The Bertz CT molecular complexity index is 366. The summed E-state index contributed by atoms with van der Waals surface area (Å²) < 4.78 is 5.45. The summed E-state index contributed by atoms with van der Waals surface area (Å²) in [5.41, 5.74) is 0. The van der Waals surface area contributed by atoms with Crippen molar-refractivity contribution in [3.63, 3.8) is 0 Å². The van der Waals surface area contributed by atoms with Crippen LogP contribution in [-0.4, -0.2) is 35.7 Å². The Labute approximate surface area is 106 Å². The molecule has 0 aliphatic carbocycles. The number of hydrogen-bond acceptors (Lipinski definition) is 3. The summed E-state index contributed by atoms with van der Waals surface area (Å²) in [4.78, 5) is 23.2. The molecule has 1 fully saturated rings. The summed E-state index contributed by atoms with van der Waals surface area (Å²) in [5, 5.41) is 12.0. The number of hydrogen-bond donors (Lipinski definition) is 2. The molecule has 2 bridgehead atoms. The third kappa shape index (κ3) is 2.41. The lowest BCUT2D eigenvalue weighted by molar-refractivity contribution is -0.146. The molecule has 4 atom stereocenters. The van der Waals surface area contributed by atoms with Crippen molar-refractivity contribution < 1.29 is 19.4 Å². The van der Waals surface area contributed by atoms with E-state index in [1.165, 1.54) is 0 Å². The van der Waals surface area contributed by atoms with Crippen molar-refractivity contribution in [3.05, 3.63) is 12.2 Å². The maximum atomic E-state index is 12.0. The van der Waals surface area contributed by atoms with Crippen LogP contribution >= 0.6 is 0 Å². The number of unbranched alkanes of at least 4 members (excludes halogenated alkanes) is 2. The molecule has 0 radical (unpaired) electrons. The van der Waals surface area contributed by atoms with E-state index in [0.29, 0.717) is 6.54 Å². The van der Waals surface area contributed by atoms with E-state index < -0.39 is 23.9 Å². The number of rotatable bonds is 6. The number of ether oxygens (including phenoxy) is 1. The van der Waals surface area contributed by atoms with Crippen LogP contribution in [0.1, 0.15) is 26.2 Å². The number of carbonyl (C=O) groups is 2. The van der Waals surface area contributed by atoms with Crippen molar-refractivity contribution in [1.29, 1.82) is 0 Å². The molecule has 0 saturated carbocycles. The Morgan fingerprint density at radius 3 is 2.50 bits per heavy atom. The molecule has 0 unspecified atom stereocenters. The lowest BCUT2D eigenvalue weighted by atomic mass is 9.82. The molecule has 0 aromatic heterocycles. The van der Waals surface area contributed by atoms with Gasteiger partial charge in [0.2, 0.25) is 5.91 Å². The average molecular weight is 253 g/mol. The molecule has 2 rings (SSSR count). The third-order valence-corrected chi connectivity index (χ3v) is 3.57. The zero-order chi connectivity index (χ0) is 13.1. The highest BCUT2D eigenvalue weighted by molar-refractivity contribution is 5.87. The van der Waals surface area contributed by atoms with Gasteiger partial charge in [-0.1, -0.05) is 31.9 Å². The topological polar surface area (TPSA) is 75.6 Å². The van der Waals surface area contributed by atoms with E-state index in [1.54, 1.807) is 12.2 Å². The second-order valence-electron chi connectivity index (χ2n) is 4.84. The van der Waals surface area contributed by atoms with Crippen LogP contribution in [0, 0.1) is 11.8 Å². The number of aliphatic carboxylic acids is 1. The number of carboxylic acid groups (broad SMARTS) is 1. The van der Waals surface area contributed by atoms with Crippen molar-refractivity contribution in [2.75, 3.05) is 6.54 Å². The van der Waals surface area contributed by atoms with E-state index in [4.69, 9.17) is 4.74 Å². The predicted octanol–water partition coefficient (Wildman–Crippen LogP) is 0.947. The van der Waals surface area contributed by atoms with Gasteiger partial charge >= 0.3 is 5.97 Å². The summed E-state index contributed by atoms with van der Waals surface area (Å²) in [6.07, 6.45) is 5.80. The minimum absolute atomic E-state index is 0.199. The molecule has 2 heterocycles. The van der Waals surface area contributed by atoms with Crippen LogP contribution in [0.25, 0.3) is 0 Å². The molecule has 0 spiro atoms. The Kier molecular flexibility index (Phi) is 4.01. The van der Waals surface area contributed by atoms with Crippen LogP contribution in [0.3, 0.4) is 0 Å². The molecule has 18 heavy (non-hydrogen) atoms. The van der Waals surface area contributed by atoms with Crippen molar-refractivity contribution in [2.45, 2.75) is 38.4 Å². The molecule has 0 aromatic rings. The minimum atomic E-state index is -0.958. The predicted molar refractivity (Wildman–Crippen MR) is 65.0 cm³/mol. The lowest BCUT2D eigenvalue weighted by Crippen LogP contribution is -2.42. The summed E-state index contributed by atoms with van der Waals surface area (Å²) in [6, 6.07) is 0. The number of carboxylic acids is 1. The Morgan fingerprint density at radius 2 is 1.89 bits per heavy atom. The molecule has 2 aliphatic rings. The monoisotopic (exact) mass is 253 g/mol. The zero-order valence-electron chi connectivity index (χ0n) is 10.5. The zero-order valence-corrected chi connectivity index (χ0v) is 10.5. The smallest absolute Gasteiger partial charge is 0.310 e. The lowest BCUT2D eigenvalue weighted by Gasteiger charge is -2.20. The Morgan fingerprint density at radius 1 is 1.22 bits per heavy atom. The van der Waals surface area contributed by atoms with Gasteiger partial charge in [-0.2, -0.15) is 0 Å². The van der Waals surface area contributed by atoms with Gasteiger partial charge < -0.3 is 15.2 Å². The first-order valence-electron chi connectivity index (χ1n) is 6.49. The SMILES string of the molecule is CCCCCNC(=O)[C@@H]1[C@@H](C(=O)O)[C@@H]2C=C[C@H]1O2. The number of nitrogens with one attached hydrogen (secondary N) is 1. The van der Waals surface area contributed by atoms with E-state index in [0.717, 1.165) is 19.3 Å². The van der Waals surface area contributed by atoms with Crippen LogP contribution in [0.4, 0.5) is 0 Å². The van der Waals surface area contributed by atoms with E-state index >= 15 is 0 Å². The maximum absolute atomic E-state index is 12.0. The summed E-state index contributed by atoms with van der Waals surface area (Å²) in [7, 11) is 0. The molecule has 1 amide bonds. The van der Waals surface area contributed by atoms with Gasteiger partial charge in [0.05, 0.1) is 18.1 Å². The van der Waals surface area contributed by atoms with E-state index in [2.05, 4.69) is 12.2 Å². The largest absolute Gasteiger partial charge is 0.481 e. The summed E-state index contributed by atoms with van der Waals surface area (Å²) >= 11 is 0. The van der Waals surface area contributed by atoms with Crippen molar-refractivity contribution in [1.82, 2.24) is 5.32 Å². The van der Waals surface area contributed by atoms with Crippen LogP contribution in [0.15, 0.2) is 12.2 Å². The fraction of sp³-hybridized carbons (Fsp3) is 0.692. The summed E-state index contributed by atoms with van der Waals surface area (Å²) in [6.45, 7) is 2.70. The van der Waals surface area contributed by atoms with Gasteiger partial charge in [-0.05, 0) is 6.42 Å². The number of amides is 1. The van der Waals surface area contributed by atoms with Crippen molar-refractivity contribution in [2.24, 2.45) is 11.8 Å². The Balaban J connectivity index is 1.92. The average Bonchev–Trinajstić information content (AvgIpc) is 2.94. The molecule has 2 N–H and O–H groups in total. The van der Waals surface area contributed by atoms with Gasteiger partial charge in [-0.25, -0.2) is 0 Å². The highest BCUT2D eigenvalue weighted by Gasteiger charge is 2.52. The molecule has 2 aliphatic heterocycles. The van der Waals surface area contributed by atoms with Crippen LogP contribution in [-0.2, 0) is 14.3 Å². The van der Waals surface area contributed by atoms with E-state index in [9.17, 15) is 14.7 Å². The molecule has 5 nitrogen and oxygen atoms in total. The quantitative estimate of drug-likeness (QED) is 0.546. The van der Waals surface area contributed by atoms with Gasteiger partial charge in [0.15, 0.2) is 0 Å². The van der Waals surface area contributed by atoms with E-state index in [1.807, 2.05) is 0 Å². The van der Waals surface area contributed by atoms with Gasteiger partial charge in [-0.15, -0.1) is 0 Å². The highest BCUT2D eigenvalue weighted by atomic mass is 16.5. The van der Waals surface area contributed by atoms with Crippen LogP contribution < -0.4 is 5.32 Å². The first-order chi connectivity index (χ1) is 8.65.